The highest BCUT2D eigenvalue weighted by atomic mass is 16.5. The van der Waals surface area contributed by atoms with E-state index in [-0.39, 0.29) is 6.23 Å². The molecule has 0 aromatic carbocycles. The Bertz CT molecular complexity index is 682. The molecule has 1 aromatic heterocycles. The Morgan fingerprint density at radius 1 is 1.42 bits per heavy atom. The number of pyridine rings is 1. The molecule has 0 spiro atoms. The van der Waals surface area contributed by atoms with Gasteiger partial charge in [-0.25, -0.2) is 10.8 Å². The minimum absolute atomic E-state index is 0.125. The number of nitrogens with zero attached hydrogens (tertiary/aromatic N) is 4. The Hall–Kier alpha value is -2.09. The van der Waals surface area contributed by atoms with Crippen molar-refractivity contribution in [3.05, 3.63) is 35.7 Å². The molecule has 1 unspecified atom stereocenters. The van der Waals surface area contributed by atoms with Crippen molar-refractivity contribution in [2.75, 3.05) is 18.7 Å². The van der Waals surface area contributed by atoms with Crippen molar-refractivity contribution >= 4 is 17.2 Å². The second kappa shape index (κ2) is 10.2. The number of nitrogens with two attached hydrogens (primary N) is 2. The number of anilines is 1. The lowest BCUT2D eigenvalue weighted by atomic mass is 10.0. The highest BCUT2D eigenvalue weighted by Gasteiger charge is 2.20. The van der Waals surface area contributed by atoms with Gasteiger partial charge in [-0.2, -0.15) is 0 Å². The molecule has 1 atom stereocenters. The van der Waals surface area contributed by atoms with Gasteiger partial charge in [0, 0.05) is 50.5 Å². The summed E-state index contributed by atoms with van der Waals surface area (Å²) >= 11 is 0. The van der Waals surface area contributed by atoms with Crippen LogP contribution >= 0.6 is 0 Å². The number of ether oxygens (including phenoxy) is 1. The molecule has 0 amide bonds. The number of hydrogen-bond acceptors (Lipinski definition) is 7. The molecule has 0 saturated heterocycles. The Kier molecular flexibility index (Phi) is 7.90. The summed E-state index contributed by atoms with van der Waals surface area (Å²) in [5, 5.41) is 1.60. The summed E-state index contributed by atoms with van der Waals surface area (Å²) in [6.07, 6.45) is 6.85. The number of hydrogen-bond donors (Lipinski definition) is 2. The van der Waals surface area contributed by atoms with Gasteiger partial charge in [0.15, 0.2) is 5.82 Å². The fraction of sp³-hybridized carbons (Fsp3) is 0.526. The number of rotatable bonds is 8. The number of methoxy groups -OCH3 is 1. The normalized spacial score (nSPS) is 18.2. The van der Waals surface area contributed by atoms with Crippen molar-refractivity contribution in [3.63, 3.8) is 0 Å². The van der Waals surface area contributed by atoms with Crippen LogP contribution in [0, 0.1) is 0 Å². The molecule has 4 N–H and O–H groups in total. The number of aliphatic imine (C=N–C) groups is 2. The molecular weight excluding hydrogens is 328 g/mol. The van der Waals surface area contributed by atoms with Gasteiger partial charge in [0.25, 0.3) is 0 Å². The van der Waals surface area contributed by atoms with E-state index in [9.17, 15) is 0 Å². The first kappa shape index (κ1) is 20.2. The van der Waals surface area contributed by atoms with E-state index in [1.54, 1.807) is 18.3 Å². The predicted molar refractivity (Wildman–Crippen MR) is 107 cm³/mol. The summed E-state index contributed by atoms with van der Waals surface area (Å²) < 4.78 is 5.44. The maximum atomic E-state index is 6.38. The van der Waals surface area contributed by atoms with Gasteiger partial charge in [0.05, 0.1) is 11.4 Å². The third-order valence-corrected chi connectivity index (χ3v) is 4.38. The van der Waals surface area contributed by atoms with Crippen LogP contribution in [-0.2, 0) is 11.3 Å². The summed E-state index contributed by atoms with van der Waals surface area (Å²) in [7, 11) is 1.69. The van der Waals surface area contributed by atoms with Crippen LogP contribution in [0.3, 0.4) is 0 Å². The fourth-order valence-electron chi connectivity index (χ4n) is 2.93. The molecule has 0 fully saturated rings. The van der Waals surface area contributed by atoms with E-state index in [2.05, 4.69) is 11.9 Å². The zero-order chi connectivity index (χ0) is 18.9. The zero-order valence-corrected chi connectivity index (χ0v) is 16.0. The van der Waals surface area contributed by atoms with Crippen molar-refractivity contribution in [2.24, 2.45) is 21.6 Å². The maximum Gasteiger partial charge on any atom is 0.151 e. The Balaban J connectivity index is 2.26. The Morgan fingerprint density at radius 3 is 2.88 bits per heavy atom. The third-order valence-electron chi connectivity index (χ3n) is 4.38. The second-order valence-corrected chi connectivity index (χ2v) is 6.15. The van der Waals surface area contributed by atoms with Crippen LogP contribution in [0.2, 0.25) is 0 Å². The van der Waals surface area contributed by atoms with Gasteiger partial charge >= 0.3 is 0 Å². The molecule has 1 aliphatic heterocycles. The van der Waals surface area contributed by atoms with Gasteiger partial charge in [-0.3, -0.25) is 15.0 Å². The standard InChI is InChI=1S/C19H30N6O/c1-4-7-16-17(22-11-9-18(24-16)26-3)12-15(5-2)25(21)19-14(13-20)8-6-10-23-19/h5-6,8,10,18H,4,7,9,11-13,20-21H2,1-3H3/b15-5-. The SMILES string of the molecule is C/C=C(/CC1=NCCC(OC)N=C1CCC)N(N)c1ncccc1CN. The van der Waals surface area contributed by atoms with Crippen LogP contribution in [0.1, 0.15) is 45.1 Å². The topological polar surface area (TPSA) is 102 Å². The van der Waals surface area contributed by atoms with Crippen molar-refractivity contribution < 1.29 is 4.74 Å². The first-order valence-corrected chi connectivity index (χ1v) is 9.11. The summed E-state index contributed by atoms with van der Waals surface area (Å²) in [6, 6.07) is 3.80. The highest BCUT2D eigenvalue weighted by molar-refractivity contribution is 6.43. The van der Waals surface area contributed by atoms with Crippen molar-refractivity contribution in [3.8, 4) is 0 Å². The second-order valence-electron chi connectivity index (χ2n) is 6.15. The average molecular weight is 358 g/mol. The fourth-order valence-corrected chi connectivity index (χ4v) is 2.93. The molecule has 26 heavy (non-hydrogen) atoms. The molecule has 2 rings (SSSR count). The minimum Gasteiger partial charge on any atom is -0.360 e. The maximum absolute atomic E-state index is 6.38. The average Bonchev–Trinajstić information content (AvgIpc) is 2.87. The van der Waals surface area contributed by atoms with E-state index >= 15 is 0 Å². The first-order chi connectivity index (χ1) is 12.6. The monoisotopic (exact) mass is 358 g/mol. The molecule has 0 bridgehead atoms. The van der Waals surface area contributed by atoms with Gasteiger partial charge in [-0.05, 0) is 19.4 Å². The molecule has 0 aliphatic carbocycles. The molecule has 2 heterocycles. The smallest absolute Gasteiger partial charge is 0.151 e. The molecule has 0 saturated carbocycles. The van der Waals surface area contributed by atoms with E-state index in [4.69, 9.17) is 26.3 Å². The number of allylic oxidation sites excluding steroid dienone is 2. The third kappa shape index (κ3) is 4.97. The summed E-state index contributed by atoms with van der Waals surface area (Å²) in [5.41, 5.74) is 9.62. The van der Waals surface area contributed by atoms with Crippen LogP contribution in [0.4, 0.5) is 5.82 Å². The van der Waals surface area contributed by atoms with Gasteiger partial charge in [0.2, 0.25) is 0 Å². The molecular formula is C19H30N6O. The zero-order valence-electron chi connectivity index (χ0n) is 16.0. The van der Waals surface area contributed by atoms with E-state index in [0.29, 0.717) is 25.3 Å². The summed E-state index contributed by atoms with van der Waals surface area (Å²) in [5.74, 6) is 7.05. The molecule has 1 aromatic rings. The Labute approximate surface area is 155 Å². The largest absolute Gasteiger partial charge is 0.360 e. The highest BCUT2D eigenvalue weighted by Crippen LogP contribution is 2.21. The summed E-state index contributed by atoms with van der Waals surface area (Å²) in [6.45, 7) is 5.18. The van der Waals surface area contributed by atoms with Gasteiger partial charge in [0.1, 0.15) is 6.23 Å². The van der Waals surface area contributed by atoms with E-state index < -0.39 is 0 Å². The molecule has 142 valence electrons. The minimum atomic E-state index is -0.125. The van der Waals surface area contributed by atoms with Crippen LogP contribution in [0.5, 0.6) is 0 Å². The van der Waals surface area contributed by atoms with Crippen LogP contribution in [-0.4, -0.2) is 36.3 Å². The Morgan fingerprint density at radius 2 is 2.23 bits per heavy atom. The molecule has 7 heteroatoms. The van der Waals surface area contributed by atoms with Crippen molar-refractivity contribution in [1.82, 2.24) is 4.98 Å². The molecule has 7 nitrogen and oxygen atoms in total. The first-order valence-electron chi connectivity index (χ1n) is 9.11. The van der Waals surface area contributed by atoms with E-state index in [1.807, 2.05) is 25.1 Å². The summed E-state index contributed by atoms with van der Waals surface area (Å²) in [4.78, 5) is 13.9. The van der Waals surface area contributed by atoms with Gasteiger partial charge < -0.3 is 10.5 Å². The van der Waals surface area contributed by atoms with E-state index in [0.717, 1.165) is 41.9 Å². The molecule has 1 aliphatic rings. The van der Waals surface area contributed by atoms with Crippen molar-refractivity contribution in [1.29, 1.82) is 0 Å². The lowest BCUT2D eigenvalue weighted by Gasteiger charge is -2.24. The lowest BCUT2D eigenvalue weighted by Crippen LogP contribution is -2.34. The number of hydrazine groups is 1. The van der Waals surface area contributed by atoms with Crippen LogP contribution < -0.4 is 16.6 Å². The van der Waals surface area contributed by atoms with Crippen LogP contribution in [0.25, 0.3) is 0 Å². The van der Waals surface area contributed by atoms with Crippen molar-refractivity contribution in [2.45, 2.75) is 52.3 Å². The molecule has 0 radical (unpaired) electrons. The van der Waals surface area contributed by atoms with Gasteiger partial charge in [-0.1, -0.05) is 25.5 Å². The van der Waals surface area contributed by atoms with E-state index in [1.165, 1.54) is 0 Å². The van der Waals surface area contributed by atoms with Crippen LogP contribution in [0.15, 0.2) is 40.1 Å². The lowest BCUT2D eigenvalue weighted by molar-refractivity contribution is 0.106. The predicted octanol–water partition coefficient (Wildman–Crippen LogP) is 2.57. The quantitative estimate of drug-likeness (QED) is 0.549. The van der Waals surface area contributed by atoms with Gasteiger partial charge in [-0.15, -0.1) is 0 Å². The number of aromatic nitrogens is 1.